The Kier molecular flexibility index (Phi) is 4.68. The van der Waals surface area contributed by atoms with Gasteiger partial charge >= 0.3 is 0 Å². The first-order valence-corrected chi connectivity index (χ1v) is 6.76. The van der Waals surface area contributed by atoms with E-state index in [1.54, 1.807) is 7.05 Å². The monoisotopic (exact) mass is 337 g/mol. The van der Waals surface area contributed by atoms with Crippen LogP contribution in [0.3, 0.4) is 0 Å². The van der Waals surface area contributed by atoms with Gasteiger partial charge in [-0.15, -0.1) is 0 Å². The van der Waals surface area contributed by atoms with E-state index in [2.05, 4.69) is 31.5 Å². The number of anilines is 1. The molecule has 0 aliphatic rings. The molecule has 0 spiro atoms. The van der Waals surface area contributed by atoms with Crippen molar-refractivity contribution in [1.82, 2.24) is 10.3 Å². The van der Waals surface area contributed by atoms with E-state index in [-0.39, 0.29) is 11.4 Å². The fraction of sp³-hybridized carbons (Fsp3) is 0.143. The molecule has 6 heteroatoms. The van der Waals surface area contributed by atoms with Gasteiger partial charge in [0.1, 0.15) is 0 Å². The number of carbonyl (C=O) groups is 1. The number of hydrogen-bond donors (Lipinski definition) is 2. The molecule has 2 rings (SSSR count). The molecule has 0 radical (unpaired) electrons. The van der Waals surface area contributed by atoms with Crippen LogP contribution in [0.25, 0.3) is 0 Å². The van der Waals surface area contributed by atoms with Crippen molar-refractivity contribution in [3.63, 3.8) is 0 Å². The number of halogens is 2. The van der Waals surface area contributed by atoms with Gasteiger partial charge in [0.25, 0.3) is 5.91 Å². The molecular formula is C14H13BrFN3O. The summed E-state index contributed by atoms with van der Waals surface area (Å²) in [7, 11) is 1.55. The van der Waals surface area contributed by atoms with Gasteiger partial charge in [0.05, 0.1) is 5.56 Å². The molecule has 1 aromatic carbocycles. The second-order valence-corrected chi connectivity index (χ2v) is 5.00. The maximum absolute atomic E-state index is 13.9. The molecule has 20 heavy (non-hydrogen) atoms. The van der Waals surface area contributed by atoms with E-state index in [4.69, 9.17) is 0 Å². The summed E-state index contributed by atoms with van der Waals surface area (Å²) in [5, 5.41) is 5.28. The van der Waals surface area contributed by atoms with Gasteiger partial charge < -0.3 is 10.6 Å². The quantitative estimate of drug-likeness (QED) is 0.901. The van der Waals surface area contributed by atoms with E-state index < -0.39 is 11.7 Å². The lowest BCUT2D eigenvalue weighted by atomic mass is 10.2. The van der Waals surface area contributed by atoms with E-state index in [0.717, 1.165) is 10.0 Å². The Morgan fingerprint density at radius 2 is 2.20 bits per heavy atom. The van der Waals surface area contributed by atoms with Crippen LogP contribution in [-0.2, 0) is 6.54 Å². The normalized spacial score (nSPS) is 10.2. The molecule has 104 valence electrons. The van der Waals surface area contributed by atoms with Gasteiger partial charge in [-0.3, -0.25) is 4.79 Å². The zero-order chi connectivity index (χ0) is 14.5. The minimum absolute atomic E-state index is 0.0284. The van der Waals surface area contributed by atoms with Crippen molar-refractivity contribution in [2.24, 2.45) is 0 Å². The summed E-state index contributed by atoms with van der Waals surface area (Å²) < 4.78 is 14.8. The number of hydrogen-bond acceptors (Lipinski definition) is 3. The van der Waals surface area contributed by atoms with Crippen LogP contribution in [0.5, 0.6) is 0 Å². The highest BCUT2D eigenvalue weighted by Crippen LogP contribution is 2.15. The Bertz CT molecular complexity index is 634. The SMILES string of the molecule is CNc1nccc(C(=O)NCc2cccc(Br)c2)c1F. The fourth-order valence-electron chi connectivity index (χ4n) is 1.72. The summed E-state index contributed by atoms with van der Waals surface area (Å²) in [5.41, 5.74) is 0.898. The molecule has 2 N–H and O–H groups in total. The lowest BCUT2D eigenvalue weighted by Gasteiger charge is -2.08. The largest absolute Gasteiger partial charge is 0.371 e. The van der Waals surface area contributed by atoms with Crippen molar-refractivity contribution in [2.75, 3.05) is 12.4 Å². The average Bonchev–Trinajstić information content (AvgIpc) is 2.45. The molecule has 0 saturated heterocycles. The minimum atomic E-state index is -0.651. The molecule has 0 aliphatic heterocycles. The smallest absolute Gasteiger partial charge is 0.254 e. The average molecular weight is 338 g/mol. The number of carbonyl (C=O) groups excluding carboxylic acids is 1. The lowest BCUT2D eigenvalue weighted by Crippen LogP contribution is -2.24. The van der Waals surface area contributed by atoms with Gasteiger partial charge in [0.15, 0.2) is 11.6 Å². The van der Waals surface area contributed by atoms with Gasteiger partial charge in [-0.25, -0.2) is 9.37 Å². The van der Waals surface area contributed by atoms with Crippen LogP contribution in [0.2, 0.25) is 0 Å². The van der Waals surface area contributed by atoms with Crippen LogP contribution in [0.1, 0.15) is 15.9 Å². The van der Waals surface area contributed by atoms with E-state index in [0.29, 0.717) is 6.54 Å². The van der Waals surface area contributed by atoms with Crippen molar-refractivity contribution in [1.29, 1.82) is 0 Å². The van der Waals surface area contributed by atoms with Crippen LogP contribution in [0.15, 0.2) is 41.0 Å². The molecule has 2 aromatic rings. The van der Waals surface area contributed by atoms with Crippen molar-refractivity contribution < 1.29 is 9.18 Å². The number of amides is 1. The number of rotatable bonds is 4. The Morgan fingerprint density at radius 3 is 2.90 bits per heavy atom. The van der Waals surface area contributed by atoms with E-state index in [1.165, 1.54) is 12.3 Å². The van der Waals surface area contributed by atoms with Gasteiger partial charge in [-0.05, 0) is 23.8 Å². The molecule has 0 unspecified atom stereocenters. The van der Waals surface area contributed by atoms with Crippen molar-refractivity contribution >= 4 is 27.7 Å². The predicted molar refractivity (Wildman–Crippen MR) is 79.1 cm³/mol. The van der Waals surface area contributed by atoms with Crippen LogP contribution in [0.4, 0.5) is 10.2 Å². The second-order valence-electron chi connectivity index (χ2n) is 4.08. The molecule has 1 heterocycles. The third kappa shape index (κ3) is 3.33. The van der Waals surface area contributed by atoms with E-state index in [1.807, 2.05) is 24.3 Å². The predicted octanol–water partition coefficient (Wildman–Crippen LogP) is 2.95. The number of benzene rings is 1. The second kappa shape index (κ2) is 6.47. The van der Waals surface area contributed by atoms with Crippen molar-refractivity contribution in [3.05, 3.63) is 57.9 Å². The molecule has 1 amide bonds. The molecular weight excluding hydrogens is 325 g/mol. The number of nitrogens with zero attached hydrogens (tertiary/aromatic N) is 1. The molecule has 0 saturated carbocycles. The summed E-state index contributed by atoms with van der Waals surface area (Å²) in [4.78, 5) is 15.8. The number of nitrogens with one attached hydrogen (secondary N) is 2. The third-order valence-corrected chi connectivity index (χ3v) is 3.21. The highest BCUT2D eigenvalue weighted by atomic mass is 79.9. The maximum atomic E-state index is 13.9. The Balaban J connectivity index is 2.09. The van der Waals surface area contributed by atoms with Crippen LogP contribution < -0.4 is 10.6 Å². The summed E-state index contributed by atoms with van der Waals surface area (Å²) in [6.07, 6.45) is 1.39. The standard InChI is InChI=1S/C14H13BrFN3O/c1-17-13-12(16)11(5-6-18-13)14(20)19-8-9-3-2-4-10(15)7-9/h2-7H,8H2,1H3,(H,17,18)(H,19,20). The van der Waals surface area contributed by atoms with Crippen LogP contribution in [0, 0.1) is 5.82 Å². The summed E-state index contributed by atoms with van der Waals surface area (Å²) in [6, 6.07) is 8.90. The van der Waals surface area contributed by atoms with Gasteiger partial charge in [0, 0.05) is 24.3 Å². The third-order valence-electron chi connectivity index (χ3n) is 2.71. The zero-order valence-corrected chi connectivity index (χ0v) is 12.4. The fourth-order valence-corrected chi connectivity index (χ4v) is 2.16. The minimum Gasteiger partial charge on any atom is -0.371 e. The van der Waals surface area contributed by atoms with Gasteiger partial charge in [-0.1, -0.05) is 28.1 Å². The Hall–Kier alpha value is -1.95. The summed E-state index contributed by atoms with van der Waals surface area (Å²) >= 11 is 3.36. The summed E-state index contributed by atoms with van der Waals surface area (Å²) in [5.74, 6) is -1.07. The molecule has 4 nitrogen and oxygen atoms in total. The summed E-state index contributed by atoms with van der Waals surface area (Å²) in [6.45, 7) is 0.328. The molecule has 0 bridgehead atoms. The Labute approximate surface area is 124 Å². The van der Waals surface area contributed by atoms with Crippen LogP contribution in [-0.4, -0.2) is 17.9 Å². The maximum Gasteiger partial charge on any atom is 0.254 e. The van der Waals surface area contributed by atoms with Crippen molar-refractivity contribution in [3.8, 4) is 0 Å². The lowest BCUT2D eigenvalue weighted by molar-refractivity contribution is 0.0947. The van der Waals surface area contributed by atoms with Gasteiger partial charge in [-0.2, -0.15) is 0 Å². The molecule has 0 fully saturated rings. The first-order valence-electron chi connectivity index (χ1n) is 5.96. The first-order chi connectivity index (χ1) is 9.61. The van der Waals surface area contributed by atoms with Crippen LogP contribution >= 0.6 is 15.9 Å². The zero-order valence-electron chi connectivity index (χ0n) is 10.8. The highest BCUT2D eigenvalue weighted by molar-refractivity contribution is 9.10. The first kappa shape index (κ1) is 14.5. The number of pyridine rings is 1. The Morgan fingerprint density at radius 1 is 1.40 bits per heavy atom. The van der Waals surface area contributed by atoms with Crippen molar-refractivity contribution in [2.45, 2.75) is 6.54 Å². The molecule has 0 aliphatic carbocycles. The highest BCUT2D eigenvalue weighted by Gasteiger charge is 2.15. The topological polar surface area (TPSA) is 54.0 Å². The van der Waals surface area contributed by atoms with E-state index >= 15 is 0 Å². The molecule has 0 atom stereocenters. The molecule has 1 aromatic heterocycles. The van der Waals surface area contributed by atoms with E-state index in [9.17, 15) is 9.18 Å². The number of aromatic nitrogens is 1. The van der Waals surface area contributed by atoms with Gasteiger partial charge in [0.2, 0.25) is 0 Å².